The largest absolute Gasteiger partial charge is 0.497 e. The molecule has 0 aliphatic rings. The molecule has 0 radical (unpaired) electrons. The van der Waals surface area contributed by atoms with Gasteiger partial charge in [0.15, 0.2) is 0 Å². The van der Waals surface area contributed by atoms with Gasteiger partial charge in [0.1, 0.15) is 40.7 Å². The van der Waals surface area contributed by atoms with Crippen molar-refractivity contribution < 1.29 is 33.3 Å². The molecule has 3 rings (SSSR count). The highest BCUT2D eigenvalue weighted by Gasteiger charge is 2.47. The van der Waals surface area contributed by atoms with Crippen molar-refractivity contribution in [1.82, 2.24) is 0 Å². The number of benzene rings is 3. The van der Waals surface area contributed by atoms with Crippen LogP contribution in [0.2, 0.25) is 0 Å². The van der Waals surface area contributed by atoms with Gasteiger partial charge < -0.3 is 18.9 Å². The zero-order chi connectivity index (χ0) is 27.1. The highest BCUT2D eigenvalue weighted by atomic mass is 16.5. The van der Waals surface area contributed by atoms with Crippen molar-refractivity contribution in [2.45, 2.75) is 26.4 Å². The van der Waals surface area contributed by atoms with Gasteiger partial charge in [-0.3, -0.25) is 14.4 Å². The first-order valence-corrected chi connectivity index (χ1v) is 11.8. The first-order valence-electron chi connectivity index (χ1n) is 11.8. The summed E-state index contributed by atoms with van der Waals surface area (Å²) in [7, 11) is 3.17. The molecule has 7 heteroatoms. The van der Waals surface area contributed by atoms with E-state index in [2.05, 4.69) is 0 Å². The Labute approximate surface area is 217 Å². The molecule has 0 saturated heterocycles. The SMILES string of the molecule is COc1ccc(C(OCC(COC(C)=O)(C(C)=O)C(C)=O)(c2ccccc2)c2ccc(OC)cc2)cc1. The molecule has 0 saturated carbocycles. The summed E-state index contributed by atoms with van der Waals surface area (Å²) in [4.78, 5) is 37.4. The van der Waals surface area contributed by atoms with Crippen molar-refractivity contribution in [2.75, 3.05) is 27.4 Å². The lowest BCUT2D eigenvalue weighted by Gasteiger charge is -2.39. The van der Waals surface area contributed by atoms with Gasteiger partial charge in [0.2, 0.25) is 0 Å². The third-order valence-corrected chi connectivity index (χ3v) is 6.58. The summed E-state index contributed by atoms with van der Waals surface area (Å²) in [6.07, 6.45) is 0. The lowest BCUT2D eigenvalue weighted by atomic mass is 9.78. The minimum absolute atomic E-state index is 0.322. The third-order valence-electron chi connectivity index (χ3n) is 6.58. The van der Waals surface area contributed by atoms with Gasteiger partial charge in [0, 0.05) is 6.92 Å². The monoisotopic (exact) mass is 504 g/mol. The number of hydrogen-bond donors (Lipinski definition) is 0. The van der Waals surface area contributed by atoms with Crippen LogP contribution in [0.15, 0.2) is 78.9 Å². The van der Waals surface area contributed by atoms with E-state index in [-0.39, 0.29) is 6.61 Å². The molecule has 0 heterocycles. The molecule has 3 aromatic rings. The summed E-state index contributed by atoms with van der Waals surface area (Å²) in [5.74, 6) is -0.166. The quantitative estimate of drug-likeness (QED) is 0.200. The number of carbonyl (C=O) groups excluding carboxylic acids is 3. The Morgan fingerprint density at radius 3 is 1.43 bits per heavy atom. The molecule has 0 spiro atoms. The van der Waals surface area contributed by atoms with Crippen LogP contribution in [0.25, 0.3) is 0 Å². The van der Waals surface area contributed by atoms with E-state index in [4.69, 9.17) is 18.9 Å². The van der Waals surface area contributed by atoms with Gasteiger partial charge in [-0.05, 0) is 54.8 Å². The molecule has 194 valence electrons. The standard InChI is InChI=1S/C30H32O7/c1-21(31)29(22(2)32,19-36-23(3)33)20-37-30(24-9-7-6-8-10-24,25-11-15-27(34-4)16-12-25)26-13-17-28(35-5)18-14-26/h6-18H,19-20H2,1-5H3. The highest BCUT2D eigenvalue weighted by Crippen LogP contribution is 2.43. The Hall–Kier alpha value is -3.97. The van der Waals surface area contributed by atoms with Crippen molar-refractivity contribution >= 4 is 17.5 Å². The van der Waals surface area contributed by atoms with Crippen molar-refractivity contribution in [1.29, 1.82) is 0 Å². The molecule has 0 aliphatic heterocycles. The topological polar surface area (TPSA) is 88.1 Å². The van der Waals surface area contributed by atoms with Crippen LogP contribution in [0.5, 0.6) is 11.5 Å². The number of carbonyl (C=O) groups is 3. The van der Waals surface area contributed by atoms with Crippen LogP contribution in [0.3, 0.4) is 0 Å². The number of ketones is 2. The second kappa shape index (κ2) is 11.8. The maximum atomic E-state index is 12.9. The van der Waals surface area contributed by atoms with Crippen molar-refractivity contribution in [2.24, 2.45) is 5.41 Å². The van der Waals surface area contributed by atoms with Gasteiger partial charge in [-0.15, -0.1) is 0 Å². The van der Waals surface area contributed by atoms with Gasteiger partial charge in [-0.2, -0.15) is 0 Å². The average Bonchev–Trinajstić information content (AvgIpc) is 2.91. The second-order valence-electron chi connectivity index (χ2n) is 8.77. The van der Waals surface area contributed by atoms with E-state index >= 15 is 0 Å². The molecular formula is C30H32O7. The van der Waals surface area contributed by atoms with E-state index in [0.717, 1.165) is 16.7 Å². The Morgan fingerprint density at radius 1 is 0.622 bits per heavy atom. The van der Waals surface area contributed by atoms with Crippen molar-refractivity contribution in [3.8, 4) is 11.5 Å². The van der Waals surface area contributed by atoms with Crippen molar-refractivity contribution in [3.63, 3.8) is 0 Å². The normalized spacial score (nSPS) is 11.5. The zero-order valence-corrected chi connectivity index (χ0v) is 21.8. The number of esters is 1. The molecule has 0 amide bonds. The molecule has 0 unspecified atom stereocenters. The highest BCUT2D eigenvalue weighted by molar-refractivity contribution is 6.05. The maximum absolute atomic E-state index is 12.9. The van der Waals surface area contributed by atoms with Crippen LogP contribution in [0, 0.1) is 5.41 Å². The van der Waals surface area contributed by atoms with E-state index in [1.807, 2.05) is 78.9 Å². The van der Waals surface area contributed by atoms with E-state index in [1.54, 1.807) is 14.2 Å². The Morgan fingerprint density at radius 2 is 1.05 bits per heavy atom. The fraction of sp³-hybridized carbons (Fsp3) is 0.300. The Balaban J connectivity index is 2.26. The minimum Gasteiger partial charge on any atom is -0.497 e. The van der Waals surface area contributed by atoms with Crippen molar-refractivity contribution in [3.05, 3.63) is 95.6 Å². The van der Waals surface area contributed by atoms with Crippen LogP contribution in [-0.2, 0) is 29.5 Å². The number of hydrogen-bond acceptors (Lipinski definition) is 7. The van der Waals surface area contributed by atoms with Crippen LogP contribution in [0.4, 0.5) is 0 Å². The second-order valence-corrected chi connectivity index (χ2v) is 8.77. The van der Waals surface area contributed by atoms with Gasteiger partial charge >= 0.3 is 5.97 Å². The number of ether oxygens (including phenoxy) is 4. The summed E-state index contributed by atoms with van der Waals surface area (Å²) in [6.45, 7) is 3.11. The number of methoxy groups -OCH3 is 2. The maximum Gasteiger partial charge on any atom is 0.302 e. The fourth-order valence-electron chi connectivity index (χ4n) is 4.23. The summed E-state index contributed by atoms with van der Waals surface area (Å²) < 4.78 is 22.6. The smallest absolute Gasteiger partial charge is 0.302 e. The fourth-order valence-corrected chi connectivity index (χ4v) is 4.23. The summed E-state index contributed by atoms with van der Waals surface area (Å²) in [5.41, 5.74) is -0.633. The van der Waals surface area contributed by atoms with E-state index in [1.165, 1.54) is 20.8 Å². The number of Topliss-reactive ketones (excluding diaryl/α,β-unsaturated/α-hetero) is 2. The molecular weight excluding hydrogens is 472 g/mol. The van der Waals surface area contributed by atoms with E-state index in [9.17, 15) is 14.4 Å². The molecule has 0 aliphatic carbocycles. The molecule has 0 fully saturated rings. The lowest BCUT2D eigenvalue weighted by molar-refractivity contribution is -0.158. The first kappa shape index (κ1) is 27.6. The van der Waals surface area contributed by atoms with E-state index < -0.39 is 35.2 Å². The first-order chi connectivity index (χ1) is 17.7. The molecule has 0 aromatic heterocycles. The van der Waals surface area contributed by atoms with E-state index in [0.29, 0.717) is 11.5 Å². The molecule has 0 atom stereocenters. The number of rotatable bonds is 12. The lowest BCUT2D eigenvalue weighted by Crippen LogP contribution is -2.48. The molecule has 0 N–H and O–H groups in total. The van der Waals surface area contributed by atoms with Crippen LogP contribution in [-0.4, -0.2) is 45.0 Å². The Bertz CT molecular complexity index is 1150. The minimum atomic E-state index is -1.68. The summed E-state index contributed by atoms with van der Waals surface area (Å²) in [6, 6.07) is 24.3. The van der Waals surface area contributed by atoms with Crippen LogP contribution >= 0.6 is 0 Å². The predicted octanol–water partition coefficient (Wildman–Crippen LogP) is 4.74. The van der Waals surface area contributed by atoms with Gasteiger partial charge in [0.25, 0.3) is 0 Å². The third kappa shape index (κ3) is 5.73. The van der Waals surface area contributed by atoms with Gasteiger partial charge in [0.05, 0.1) is 20.8 Å². The Kier molecular flexibility index (Phi) is 8.84. The summed E-state index contributed by atoms with van der Waals surface area (Å²) in [5, 5.41) is 0. The van der Waals surface area contributed by atoms with Gasteiger partial charge in [-0.1, -0.05) is 54.6 Å². The molecule has 3 aromatic carbocycles. The van der Waals surface area contributed by atoms with Gasteiger partial charge in [-0.25, -0.2) is 0 Å². The molecule has 0 bridgehead atoms. The van der Waals surface area contributed by atoms with Crippen LogP contribution < -0.4 is 9.47 Å². The molecule has 7 nitrogen and oxygen atoms in total. The zero-order valence-electron chi connectivity index (χ0n) is 21.8. The predicted molar refractivity (Wildman–Crippen MR) is 139 cm³/mol. The average molecular weight is 505 g/mol. The van der Waals surface area contributed by atoms with Crippen LogP contribution in [0.1, 0.15) is 37.5 Å². The summed E-state index contributed by atoms with van der Waals surface area (Å²) >= 11 is 0. The molecule has 37 heavy (non-hydrogen) atoms.